The van der Waals surface area contributed by atoms with E-state index in [4.69, 9.17) is 23.2 Å². The topological polar surface area (TPSA) is 112 Å². The molecule has 9 nitrogen and oxygen atoms in total. The maximum atomic E-state index is 13.9. The van der Waals surface area contributed by atoms with E-state index in [1.807, 2.05) is 25.1 Å². The van der Waals surface area contributed by atoms with Crippen LogP contribution in [0.15, 0.2) is 65.6 Å². The Hall–Kier alpha value is -3.34. The van der Waals surface area contributed by atoms with Gasteiger partial charge >= 0.3 is 0 Å². The summed E-state index contributed by atoms with van der Waals surface area (Å²) >= 11 is 12.4. The summed E-state index contributed by atoms with van der Waals surface area (Å²) in [4.78, 5) is 32.8. The van der Waals surface area contributed by atoms with Crippen LogP contribution in [0.1, 0.15) is 31.4 Å². The predicted octanol–water partition coefficient (Wildman–Crippen LogP) is 5.03. The minimum atomic E-state index is -4.36. The van der Waals surface area contributed by atoms with Gasteiger partial charge < -0.3 is 15.5 Å². The molecule has 2 aliphatic rings. The fourth-order valence-corrected chi connectivity index (χ4v) is 7.71. The van der Waals surface area contributed by atoms with E-state index in [-0.39, 0.29) is 27.0 Å². The van der Waals surface area contributed by atoms with Crippen molar-refractivity contribution in [3.8, 4) is 0 Å². The molecule has 41 heavy (non-hydrogen) atoms. The van der Waals surface area contributed by atoms with E-state index >= 15 is 0 Å². The molecule has 3 heterocycles. The van der Waals surface area contributed by atoms with Crippen LogP contribution in [0.2, 0.25) is 10.0 Å². The number of anilines is 3. The van der Waals surface area contributed by atoms with E-state index in [0.29, 0.717) is 18.2 Å². The molecule has 2 aliphatic heterocycles. The number of aryl methyl sites for hydroxylation is 1. The van der Waals surface area contributed by atoms with Gasteiger partial charge in [-0.1, -0.05) is 47.5 Å². The number of hydrogen-bond acceptors (Lipinski definition) is 6. The molecule has 1 aromatic heterocycles. The first kappa shape index (κ1) is 29.2. The van der Waals surface area contributed by atoms with Crippen molar-refractivity contribution < 1.29 is 18.0 Å². The maximum absolute atomic E-state index is 13.9. The number of piperidine rings is 1. The fraction of sp³-hybridized carbons (Fsp3) is 0.345. The third-order valence-electron chi connectivity index (χ3n) is 7.50. The Labute approximate surface area is 249 Å². The van der Waals surface area contributed by atoms with Crippen molar-refractivity contribution in [1.82, 2.24) is 10.3 Å². The summed E-state index contributed by atoms with van der Waals surface area (Å²) in [6.07, 6.45) is 2.41. The Kier molecular flexibility index (Phi) is 8.72. The normalized spacial score (nSPS) is 17.6. The quantitative estimate of drug-likeness (QED) is 0.368. The molecule has 12 heteroatoms. The second kappa shape index (κ2) is 12.3. The number of fused-ring (bicyclic) bond motifs is 1. The predicted molar refractivity (Wildman–Crippen MR) is 161 cm³/mol. The third-order valence-corrected chi connectivity index (χ3v) is 10.3. The second-order valence-corrected chi connectivity index (χ2v) is 12.9. The van der Waals surface area contributed by atoms with Gasteiger partial charge in [0.15, 0.2) is 0 Å². The van der Waals surface area contributed by atoms with Gasteiger partial charge in [0, 0.05) is 25.3 Å². The largest absolute Gasteiger partial charge is 0.357 e. The molecule has 0 spiro atoms. The average molecular weight is 617 g/mol. The smallest absolute Gasteiger partial charge is 0.266 e. The first-order valence-corrected chi connectivity index (χ1v) is 15.7. The number of amides is 2. The number of rotatable bonds is 8. The molecule has 0 unspecified atom stereocenters. The maximum Gasteiger partial charge on any atom is 0.266 e. The van der Waals surface area contributed by atoms with Crippen molar-refractivity contribution in [3.05, 3.63) is 76.4 Å². The highest BCUT2D eigenvalue weighted by Crippen LogP contribution is 2.40. The Morgan fingerprint density at radius 1 is 1.05 bits per heavy atom. The number of pyridine rings is 1. The average Bonchev–Trinajstić information content (AvgIpc) is 2.95. The first-order valence-electron chi connectivity index (χ1n) is 13.5. The summed E-state index contributed by atoms with van der Waals surface area (Å²) in [6.45, 7) is 4.21. The lowest BCUT2D eigenvalue weighted by molar-refractivity contribution is -0.125. The summed E-state index contributed by atoms with van der Waals surface area (Å²) in [5.74, 6) is 0.423. The van der Waals surface area contributed by atoms with Crippen LogP contribution < -0.4 is 19.8 Å². The van der Waals surface area contributed by atoms with Crippen LogP contribution in [0.4, 0.5) is 17.2 Å². The molecule has 0 aliphatic carbocycles. The molecule has 1 atom stereocenters. The van der Waals surface area contributed by atoms with E-state index in [2.05, 4.69) is 20.5 Å². The highest BCUT2D eigenvalue weighted by atomic mass is 35.5. The van der Waals surface area contributed by atoms with Crippen molar-refractivity contribution in [2.24, 2.45) is 5.92 Å². The zero-order valence-electron chi connectivity index (χ0n) is 22.5. The monoisotopic (exact) mass is 615 g/mol. The van der Waals surface area contributed by atoms with Crippen molar-refractivity contribution in [2.75, 3.05) is 34.2 Å². The van der Waals surface area contributed by atoms with Crippen LogP contribution in [-0.2, 0) is 19.6 Å². The summed E-state index contributed by atoms with van der Waals surface area (Å²) in [7, 11) is -4.36. The Bertz CT molecular complexity index is 1560. The number of carbonyl (C=O) groups is 2. The van der Waals surface area contributed by atoms with Crippen molar-refractivity contribution in [3.63, 3.8) is 0 Å². The molecule has 0 bridgehead atoms. The van der Waals surface area contributed by atoms with Crippen LogP contribution in [-0.4, -0.2) is 50.9 Å². The highest BCUT2D eigenvalue weighted by molar-refractivity contribution is 7.93. The number of benzene rings is 2. The zero-order chi connectivity index (χ0) is 29.1. The number of hydrogen-bond donors (Lipinski definition) is 2. The Balaban J connectivity index is 1.24. The molecule has 1 saturated heterocycles. The van der Waals surface area contributed by atoms with Gasteiger partial charge in [0.25, 0.3) is 10.0 Å². The first-order chi connectivity index (χ1) is 19.6. The van der Waals surface area contributed by atoms with Crippen LogP contribution in [0.3, 0.4) is 0 Å². The minimum Gasteiger partial charge on any atom is -0.357 e. The lowest BCUT2D eigenvalue weighted by Crippen LogP contribution is -2.52. The standard InChI is InChI=1S/C29H31Cl2N5O4S/c1-19-6-4-11-26(33-19)35-16-13-20(14-17-35)12-15-32-27(37)18-24-29(38)34-22-8-2-3-9-23(22)36(24)41(39,40)25-10-5-7-21(30)28(25)31/h2-11,20,24H,12-18H2,1H3,(H,32,37)(H,34,38)/t24-/m1/s1. The van der Waals surface area contributed by atoms with Crippen LogP contribution in [0, 0.1) is 12.8 Å². The molecule has 0 radical (unpaired) electrons. The Morgan fingerprint density at radius 2 is 1.78 bits per heavy atom. The molecular weight excluding hydrogens is 585 g/mol. The number of nitrogens with zero attached hydrogens (tertiary/aromatic N) is 3. The number of para-hydroxylation sites is 2. The second-order valence-electron chi connectivity index (χ2n) is 10.3. The minimum absolute atomic E-state index is 0.0674. The Morgan fingerprint density at radius 3 is 2.54 bits per heavy atom. The molecule has 5 rings (SSSR count). The highest BCUT2D eigenvalue weighted by Gasteiger charge is 2.42. The molecular formula is C29H31Cl2N5O4S. The lowest BCUT2D eigenvalue weighted by atomic mass is 9.93. The molecule has 1 fully saturated rings. The van der Waals surface area contributed by atoms with E-state index in [0.717, 1.165) is 48.2 Å². The molecule has 0 saturated carbocycles. The summed E-state index contributed by atoms with van der Waals surface area (Å²) < 4.78 is 28.8. The fourth-order valence-electron chi connectivity index (χ4n) is 5.34. The molecule has 2 aromatic carbocycles. The third kappa shape index (κ3) is 6.29. The van der Waals surface area contributed by atoms with Crippen molar-refractivity contribution >= 4 is 62.2 Å². The van der Waals surface area contributed by atoms with Gasteiger partial charge in [0.05, 0.1) is 27.8 Å². The van der Waals surface area contributed by atoms with Gasteiger partial charge in [0.1, 0.15) is 16.8 Å². The van der Waals surface area contributed by atoms with Gasteiger partial charge in [-0.2, -0.15) is 0 Å². The number of aromatic nitrogens is 1. The zero-order valence-corrected chi connectivity index (χ0v) is 24.8. The molecule has 2 amide bonds. The van der Waals surface area contributed by atoms with E-state index in [9.17, 15) is 18.0 Å². The van der Waals surface area contributed by atoms with Crippen molar-refractivity contribution in [1.29, 1.82) is 0 Å². The number of sulfonamides is 1. The summed E-state index contributed by atoms with van der Waals surface area (Å²) in [6, 6.07) is 15.5. The van der Waals surface area contributed by atoms with Gasteiger partial charge in [-0.25, -0.2) is 13.4 Å². The number of halogens is 2. The lowest BCUT2D eigenvalue weighted by Gasteiger charge is -2.37. The van der Waals surface area contributed by atoms with Gasteiger partial charge in [-0.15, -0.1) is 0 Å². The SMILES string of the molecule is Cc1cccc(N2CCC(CCNC(=O)C[C@@H]3C(=O)Nc4ccccc4N3S(=O)(=O)c3cccc(Cl)c3Cl)CC2)n1. The van der Waals surface area contributed by atoms with Gasteiger partial charge in [-0.3, -0.25) is 13.9 Å². The van der Waals surface area contributed by atoms with E-state index < -0.39 is 27.9 Å². The van der Waals surface area contributed by atoms with Gasteiger partial charge in [0.2, 0.25) is 11.8 Å². The van der Waals surface area contributed by atoms with E-state index in [1.165, 1.54) is 18.2 Å². The van der Waals surface area contributed by atoms with Crippen molar-refractivity contribution in [2.45, 2.75) is 43.5 Å². The molecule has 3 aromatic rings. The summed E-state index contributed by atoms with van der Waals surface area (Å²) in [5.41, 5.74) is 1.56. The van der Waals surface area contributed by atoms with Gasteiger partial charge in [-0.05, 0) is 68.5 Å². The number of carbonyl (C=O) groups excluding carboxylic acids is 2. The van der Waals surface area contributed by atoms with Crippen LogP contribution in [0.25, 0.3) is 0 Å². The molecule has 2 N–H and O–H groups in total. The molecule has 216 valence electrons. The summed E-state index contributed by atoms with van der Waals surface area (Å²) in [5, 5.41) is 5.54. The van der Waals surface area contributed by atoms with Crippen LogP contribution >= 0.6 is 23.2 Å². The van der Waals surface area contributed by atoms with Crippen LogP contribution in [0.5, 0.6) is 0 Å². The number of nitrogens with one attached hydrogen (secondary N) is 2. The van der Waals surface area contributed by atoms with E-state index in [1.54, 1.807) is 24.3 Å².